The molecule has 0 aliphatic heterocycles. The normalized spacial score (nSPS) is 16.3. The monoisotopic (exact) mass is 307 g/mol. The minimum Gasteiger partial charge on any atom is -0.317 e. The van der Waals surface area contributed by atoms with Crippen molar-refractivity contribution in [2.45, 2.75) is 70.3 Å². The average Bonchev–Trinajstić information content (AvgIpc) is 2.49. The fraction of sp³-hybridized carbons (Fsp3) is 0.765. The van der Waals surface area contributed by atoms with Gasteiger partial charge < -0.3 is 5.32 Å². The van der Waals surface area contributed by atoms with Gasteiger partial charge in [0.2, 0.25) is 0 Å². The van der Waals surface area contributed by atoms with Crippen molar-refractivity contribution in [2.75, 3.05) is 13.1 Å². The van der Waals surface area contributed by atoms with Gasteiger partial charge in [0.1, 0.15) is 5.82 Å². The van der Waals surface area contributed by atoms with E-state index in [1.54, 1.807) is 0 Å². The number of rotatable bonds is 7. The van der Waals surface area contributed by atoms with E-state index in [1.165, 1.54) is 49.1 Å². The summed E-state index contributed by atoms with van der Waals surface area (Å²) in [7, 11) is 0. The lowest BCUT2D eigenvalue weighted by molar-refractivity contribution is 0.516. The molecular weight excluding hydrogens is 278 g/mol. The highest BCUT2D eigenvalue weighted by Crippen LogP contribution is 2.30. The molecule has 1 aliphatic carbocycles. The van der Waals surface area contributed by atoms with Gasteiger partial charge in [-0.05, 0) is 51.8 Å². The van der Waals surface area contributed by atoms with Crippen molar-refractivity contribution in [3.05, 3.63) is 22.8 Å². The lowest BCUT2D eigenvalue weighted by Gasteiger charge is -2.20. The third-order valence-electron chi connectivity index (χ3n) is 4.27. The first kappa shape index (κ1) is 16.8. The molecule has 0 aromatic carbocycles. The zero-order chi connectivity index (χ0) is 15.1. The van der Waals surface area contributed by atoms with Crippen LogP contribution >= 0.6 is 11.8 Å². The first-order chi connectivity index (χ1) is 10.2. The molecule has 1 aromatic heterocycles. The maximum Gasteiger partial charge on any atom is 0.138 e. The Morgan fingerprint density at radius 1 is 1.10 bits per heavy atom. The van der Waals surface area contributed by atoms with Crippen LogP contribution in [0.5, 0.6) is 0 Å². The molecule has 21 heavy (non-hydrogen) atoms. The van der Waals surface area contributed by atoms with E-state index < -0.39 is 0 Å². The molecule has 0 bridgehead atoms. The molecule has 0 spiro atoms. The summed E-state index contributed by atoms with van der Waals surface area (Å²) in [6.07, 6.45) is 8.01. The van der Waals surface area contributed by atoms with E-state index in [4.69, 9.17) is 9.97 Å². The van der Waals surface area contributed by atoms with Gasteiger partial charge in [-0.25, -0.2) is 9.97 Å². The van der Waals surface area contributed by atoms with E-state index in [2.05, 4.69) is 37.8 Å². The van der Waals surface area contributed by atoms with Crippen molar-refractivity contribution in [1.82, 2.24) is 15.3 Å². The highest BCUT2D eigenvalue weighted by Gasteiger charge is 2.15. The molecule has 1 saturated carbocycles. The van der Waals surface area contributed by atoms with Crippen LogP contribution < -0.4 is 5.32 Å². The number of hydrogen-bond acceptors (Lipinski definition) is 4. The number of likely N-dealkylation sites (N-methyl/N-ethyl adjacent to an activating group) is 1. The summed E-state index contributed by atoms with van der Waals surface area (Å²) in [6.45, 7) is 8.43. The van der Waals surface area contributed by atoms with Gasteiger partial charge in [-0.3, -0.25) is 0 Å². The average molecular weight is 308 g/mol. The molecule has 0 radical (unpaired) electrons. The molecule has 1 heterocycles. The molecule has 1 fully saturated rings. The molecule has 1 aromatic rings. The van der Waals surface area contributed by atoms with Crippen molar-refractivity contribution in [3.63, 3.8) is 0 Å². The molecule has 0 amide bonds. The van der Waals surface area contributed by atoms with E-state index in [9.17, 15) is 0 Å². The minimum absolute atomic E-state index is 0.830. The van der Waals surface area contributed by atoms with Gasteiger partial charge in [-0.2, -0.15) is 11.8 Å². The second kappa shape index (κ2) is 8.74. The Morgan fingerprint density at radius 3 is 2.38 bits per heavy atom. The largest absolute Gasteiger partial charge is 0.317 e. The highest BCUT2D eigenvalue weighted by molar-refractivity contribution is 7.99. The van der Waals surface area contributed by atoms with Crippen molar-refractivity contribution < 1.29 is 0 Å². The van der Waals surface area contributed by atoms with Crippen LogP contribution in [-0.2, 0) is 12.2 Å². The fourth-order valence-corrected chi connectivity index (χ4v) is 4.23. The van der Waals surface area contributed by atoms with Crippen LogP contribution in [0.4, 0.5) is 0 Å². The third-order valence-corrected chi connectivity index (χ3v) is 5.64. The molecule has 1 N–H and O–H groups in total. The lowest BCUT2D eigenvalue weighted by Crippen LogP contribution is -2.18. The Bertz CT molecular complexity index is 419. The highest BCUT2D eigenvalue weighted by atomic mass is 32.2. The van der Waals surface area contributed by atoms with Gasteiger partial charge in [0.15, 0.2) is 0 Å². The van der Waals surface area contributed by atoms with E-state index in [-0.39, 0.29) is 0 Å². The molecule has 0 unspecified atom stereocenters. The number of aromatic nitrogens is 2. The molecule has 0 atom stereocenters. The third kappa shape index (κ3) is 5.26. The Morgan fingerprint density at radius 2 is 1.76 bits per heavy atom. The summed E-state index contributed by atoms with van der Waals surface area (Å²) >= 11 is 2.06. The molecule has 3 nitrogen and oxygen atoms in total. The second-order valence-electron chi connectivity index (χ2n) is 5.96. The van der Waals surface area contributed by atoms with E-state index in [0.29, 0.717) is 0 Å². The Kier molecular flexibility index (Phi) is 6.97. The van der Waals surface area contributed by atoms with Gasteiger partial charge in [0, 0.05) is 16.6 Å². The fourth-order valence-electron chi connectivity index (χ4n) is 3.05. The molecule has 118 valence electrons. The summed E-state index contributed by atoms with van der Waals surface area (Å²) in [6, 6.07) is 0. The van der Waals surface area contributed by atoms with Crippen LogP contribution in [0.3, 0.4) is 0 Å². The van der Waals surface area contributed by atoms with Gasteiger partial charge in [0.05, 0.1) is 5.75 Å². The van der Waals surface area contributed by atoms with Crippen LogP contribution in [0.15, 0.2) is 0 Å². The summed E-state index contributed by atoms with van der Waals surface area (Å²) in [5.41, 5.74) is 3.65. The van der Waals surface area contributed by atoms with Crippen LogP contribution in [0.25, 0.3) is 0 Å². The summed E-state index contributed by atoms with van der Waals surface area (Å²) in [4.78, 5) is 9.47. The second-order valence-corrected chi connectivity index (χ2v) is 7.25. The maximum atomic E-state index is 4.74. The summed E-state index contributed by atoms with van der Waals surface area (Å²) in [5, 5.41) is 4.20. The van der Waals surface area contributed by atoms with Crippen LogP contribution in [0, 0.1) is 13.8 Å². The van der Waals surface area contributed by atoms with Crippen molar-refractivity contribution in [2.24, 2.45) is 0 Å². The standard InChI is InChI=1S/C17H29N3S/c1-4-18-11-10-16-13(2)19-17(20-14(16)3)12-21-15-8-6-5-7-9-15/h15,18H,4-12H2,1-3H3. The quantitative estimate of drug-likeness (QED) is 0.777. The number of aryl methyl sites for hydroxylation is 2. The van der Waals surface area contributed by atoms with Gasteiger partial charge >= 0.3 is 0 Å². The van der Waals surface area contributed by atoms with Gasteiger partial charge in [-0.1, -0.05) is 26.2 Å². The first-order valence-corrected chi connectivity index (χ1v) is 9.41. The molecule has 0 saturated heterocycles. The smallest absolute Gasteiger partial charge is 0.138 e. The Labute approximate surface area is 133 Å². The Hall–Kier alpha value is -0.610. The molecule has 1 aliphatic rings. The zero-order valence-electron chi connectivity index (χ0n) is 13.7. The van der Waals surface area contributed by atoms with Crippen LogP contribution in [0.1, 0.15) is 61.8 Å². The number of hydrogen-bond donors (Lipinski definition) is 1. The molecular formula is C17H29N3S. The van der Waals surface area contributed by atoms with Crippen molar-refractivity contribution in [1.29, 1.82) is 0 Å². The molecule has 2 rings (SSSR count). The predicted octanol–water partition coefficient (Wildman–Crippen LogP) is 3.81. The summed E-state index contributed by atoms with van der Waals surface area (Å²) in [5.74, 6) is 1.99. The maximum absolute atomic E-state index is 4.74. The summed E-state index contributed by atoms with van der Waals surface area (Å²) < 4.78 is 0. The van der Waals surface area contributed by atoms with E-state index >= 15 is 0 Å². The number of thioether (sulfide) groups is 1. The topological polar surface area (TPSA) is 37.8 Å². The van der Waals surface area contributed by atoms with Crippen molar-refractivity contribution >= 4 is 11.8 Å². The van der Waals surface area contributed by atoms with Gasteiger partial charge in [0.25, 0.3) is 0 Å². The van der Waals surface area contributed by atoms with Crippen molar-refractivity contribution in [3.8, 4) is 0 Å². The van der Waals surface area contributed by atoms with E-state index in [1.807, 2.05) is 0 Å². The number of nitrogens with one attached hydrogen (secondary N) is 1. The number of nitrogens with zero attached hydrogens (tertiary/aromatic N) is 2. The predicted molar refractivity (Wildman–Crippen MR) is 91.9 cm³/mol. The van der Waals surface area contributed by atoms with Crippen LogP contribution in [-0.4, -0.2) is 28.3 Å². The lowest BCUT2D eigenvalue weighted by atomic mass is 10.0. The molecule has 4 heteroatoms. The SMILES string of the molecule is CCNCCc1c(C)nc(CSC2CCCCC2)nc1C. The zero-order valence-corrected chi connectivity index (χ0v) is 14.6. The van der Waals surface area contributed by atoms with E-state index in [0.717, 1.165) is 36.3 Å². The Balaban J connectivity index is 1.91. The van der Waals surface area contributed by atoms with Gasteiger partial charge in [-0.15, -0.1) is 0 Å². The minimum atomic E-state index is 0.830. The van der Waals surface area contributed by atoms with Crippen LogP contribution in [0.2, 0.25) is 0 Å². The first-order valence-electron chi connectivity index (χ1n) is 8.36.